The maximum atomic E-state index is 5.15. The molecule has 0 saturated heterocycles. The van der Waals surface area contributed by atoms with E-state index in [0.717, 1.165) is 29.6 Å². The highest BCUT2D eigenvalue weighted by Crippen LogP contribution is 2.24. The fourth-order valence-electron chi connectivity index (χ4n) is 2.38. The summed E-state index contributed by atoms with van der Waals surface area (Å²) in [4.78, 5) is 9.36. The maximum Gasteiger partial charge on any atom is 0.191 e. The molecule has 0 aliphatic carbocycles. The first kappa shape index (κ1) is 19.4. The summed E-state index contributed by atoms with van der Waals surface area (Å²) in [5.41, 5.74) is 3.53. The Morgan fingerprint density at radius 2 is 2.08 bits per heavy atom. The van der Waals surface area contributed by atoms with Crippen molar-refractivity contribution in [2.45, 2.75) is 33.2 Å². The molecule has 0 spiro atoms. The molecule has 0 amide bonds. The van der Waals surface area contributed by atoms with Gasteiger partial charge in [-0.3, -0.25) is 4.99 Å². The summed E-state index contributed by atoms with van der Waals surface area (Å²) in [7, 11) is 1.70. The number of hydrogen-bond donors (Lipinski definition) is 2. The number of nitrogens with zero attached hydrogens (tertiary/aromatic N) is 2. The van der Waals surface area contributed by atoms with Crippen LogP contribution in [0.25, 0.3) is 10.6 Å². The zero-order chi connectivity index (χ0) is 18.1. The van der Waals surface area contributed by atoms with Gasteiger partial charge < -0.3 is 15.4 Å². The number of ether oxygens (including phenoxy) is 1. The van der Waals surface area contributed by atoms with Crippen LogP contribution < -0.4 is 10.6 Å². The van der Waals surface area contributed by atoms with E-state index in [0.29, 0.717) is 13.2 Å². The molecule has 25 heavy (non-hydrogen) atoms. The van der Waals surface area contributed by atoms with Crippen molar-refractivity contribution in [3.8, 4) is 10.6 Å². The molecule has 1 atom stereocenters. The summed E-state index contributed by atoms with van der Waals surface area (Å²) < 4.78 is 5.15. The Kier molecular flexibility index (Phi) is 7.88. The van der Waals surface area contributed by atoms with Crippen LogP contribution in [0.15, 0.2) is 34.6 Å². The highest BCUT2D eigenvalue weighted by atomic mass is 32.1. The van der Waals surface area contributed by atoms with Gasteiger partial charge in [0.2, 0.25) is 0 Å². The van der Waals surface area contributed by atoms with E-state index in [9.17, 15) is 0 Å². The minimum Gasteiger partial charge on any atom is -0.383 e. The highest BCUT2D eigenvalue weighted by Gasteiger charge is 2.06. The Labute approximate surface area is 154 Å². The third-order valence-electron chi connectivity index (χ3n) is 3.63. The average Bonchev–Trinajstić information content (AvgIpc) is 3.05. The number of benzene rings is 1. The van der Waals surface area contributed by atoms with Crippen LogP contribution in [0.1, 0.15) is 25.1 Å². The Hall–Kier alpha value is -1.92. The molecule has 1 aromatic heterocycles. The second kappa shape index (κ2) is 10.2. The van der Waals surface area contributed by atoms with Crippen molar-refractivity contribution in [3.05, 3.63) is 40.9 Å². The van der Waals surface area contributed by atoms with Gasteiger partial charge in [0.1, 0.15) is 5.01 Å². The summed E-state index contributed by atoms with van der Waals surface area (Å²) >= 11 is 1.69. The number of nitrogens with one attached hydrogen (secondary N) is 2. The first-order valence-corrected chi connectivity index (χ1v) is 9.55. The molecule has 0 fully saturated rings. The van der Waals surface area contributed by atoms with Gasteiger partial charge in [0.25, 0.3) is 0 Å². The van der Waals surface area contributed by atoms with Gasteiger partial charge in [-0.2, -0.15) is 0 Å². The van der Waals surface area contributed by atoms with Crippen LogP contribution >= 0.6 is 11.3 Å². The normalized spacial score (nSPS) is 12.9. The van der Waals surface area contributed by atoms with E-state index >= 15 is 0 Å². The summed E-state index contributed by atoms with van der Waals surface area (Å²) in [5.74, 6) is 0.820. The van der Waals surface area contributed by atoms with Crippen molar-refractivity contribution in [2.75, 3.05) is 26.8 Å². The molecule has 1 heterocycles. The lowest BCUT2D eigenvalue weighted by molar-refractivity contribution is 0.179. The lowest BCUT2D eigenvalue weighted by atomic mass is 10.2. The highest BCUT2D eigenvalue weighted by molar-refractivity contribution is 7.13. The predicted octanol–water partition coefficient (Wildman–Crippen LogP) is 3.25. The topological polar surface area (TPSA) is 58.5 Å². The molecule has 5 nitrogen and oxygen atoms in total. The Morgan fingerprint density at radius 1 is 1.32 bits per heavy atom. The third-order valence-corrected chi connectivity index (χ3v) is 4.57. The lowest BCUT2D eigenvalue weighted by Crippen LogP contribution is -2.44. The van der Waals surface area contributed by atoms with Crippen LogP contribution in [0, 0.1) is 6.92 Å². The van der Waals surface area contributed by atoms with Gasteiger partial charge in [0.05, 0.1) is 12.3 Å². The average molecular weight is 361 g/mol. The van der Waals surface area contributed by atoms with E-state index < -0.39 is 0 Å². The number of aliphatic imine (C=N–C) groups is 1. The molecular formula is C19H28N4OS. The number of guanidine groups is 1. The molecule has 0 aliphatic heterocycles. The SMILES string of the molecule is CCNC(=NCCc1csc(-c2ccc(C)cc2)n1)NC(C)COC. The maximum absolute atomic E-state index is 5.15. The van der Waals surface area contributed by atoms with Crippen molar-refractivity contribution in [1.82, 2.24) is 15.6 Å². The second-order valence-corrected chi connectivity index (χ2v) is 6.88. The first-order chi connectivity index (χ1) is 12.1. The number of methoxy groups -OCH3 is 1. The summed E-state index contributed by atoms with van der Waals surface area (Å²) in [5, 5.41) is 9.79. The molecule has 0 radical (unpaired) electrons. The Morgan fingerprint density at radius 3 is 2.76 bits per heavy atom. The molecule has 2 rings (SSSR count). The fourth-order valence-corrected chi connectivity index (χ4v) is 3.24. The molecular weight excluding hydrogens is 332 g/mol. The predicted molar refractivity (Wildman–Crippen MR) is 106 cm³/mol. The van der Waals surface area contributed by atoms with E-state index in [1.807, 2.05) is 0 Å². The molecule has 6 heteroatoms. The van der Waals surface area contributed by atoms with Crippen molar-refractivity contribution in [1.29, 1.82) is 0 Å². The minimum absolute atomic E-state index is 0.218. The monoisotopic (exact) mass is 360 g/mol. The van der Waals surface area contributed by atoms with Gasteiger partial charge in [0, 0.05) is 43.6 Å². The molecule has 2 aromatic rings. The van der Waals surface area contributed by atoms with Crippen LogP contribution in [-0.4, -0.2) is 43.8 Å². The van der Waals surface area contributed by atoms with Gasteiger partial charge >= 0.3 is 0 Å². The van der Waals surface area contributed by atoms with Crippen molar-refractivity contribution in [3.63, 3.8) is 0 Å². The van der Waals surface area contributed by atoms with Crippen LogP contribution in [0.3, 0.4) is 0 Å². The van der Waals surface area contributed by atoms with Crippen molar-refractivity contribution < 1.29 is 4.74 Å². The molecule has 1 aromatic carbocycles. The largest absolute Gasteiger partial charge is 0.383 e. The standard InChI is InChI=1S/C19H28N4OS/c1-5-20-19(22-15(3)12-24-4)21-11-10-17-13-25-18(23-17)16-8-6-14(2)7-9-16/h6-9,13,15H,5,10-12H2,1-4H3,(H2,20,21,22). The fraction of sp³-hybridized carbons (Fsp3) is 0.474. The van der Waals surface area contributed by atoms with Crippen LogP contribution in [0.2, 0.25) is 0 Å². The van der Waals surface area contributed by atoms with Crippen molar-refractivity contribution >= 4 is 17.3 Å². The first-order valence-electron chi connectivity index (χ1n) is 8.67. The van der Waals surface area contributed by atoms with Crippen LogP contribution in [0.4, 0.5) is 0 Å². The van der Waals surface area contributed by atoms with Crippen LogP contribution in [0.5, 0.6) is 0 Å². The summed E-state index contributed by atoms with van der Waals surface area (Å²) in [6.45, 7) is 8.41. The van der Waals surface area contributed by atoms with Gasteiger partial charge in [-0.25, -0.2) is 4.98 Å². The van der Waals surface area contributed by atoms with E-state index in [1.165, 1.54) is 11.1 Å². The second-order valence-electron chi connectivity index (χ2n) is 6.02. The molecule has 2 N–H and O–H groups in total. The molecule has 0 saturated carbocycles. The number of aryl methyl sites for hydroxylation is 1. The van der Waals surface area contributed by atoms with E-state index in [4.69, 9.17) is 9.72 Å². The molecule has 0 bridgehead atoms. The molecule has 0 aliphatic rings. The minimum atomic E-state index is 0.218. The quantitative estimate of drug-likeness (QED) is 0.560. The number of hydrogen-bond acceptors (Lipinski definition) is 4. The number of aromatic nitrogens is 1. The van der Waals surface area contributed by atoms with Crippen LogP contribution in [-0.2, 0) is 11.2 Å². The molecule has 136 valence electrons. The van der Waals surface area contributed by atoms with Gasteiger partial charge in [-0.05, 0) is 20.8 Å². The molecule has 1 unspecified atom stereocenters. The van der Waals surface area contributed by atoms with E-state index in [-0.39, 0.29) is 6.04 Å². The van der Waals surface area contributed by atoms with Gasteiger partial charge in [-0.15, -0.1) is 11.3 Å². The Balaban J connectivity index is 1.92. The van der Waals surface area contributed by atoms with Crippen molar-refractivity contribution in [2.24, 2.45) is 4.99 Å². The summed E-state index contributed by atoms with van der Waals surface area (Å²) in [6.07, 6.45) is 0.831. The van der Waals surface area contributed by atoms with Gasteiger partial charge in [0.15, 0.2) is 5.96 Å². The summed E-state index contributed by atoms with van der Waals surface area (Å²) in [6, 6.07) is 8.71. The zero-order valence-electron chi connectivity index (χ0n) is 15.5. The zero-order valence-corrected chi connectivity index (χ0v) is 16.3. The van der Waals surface area contributed by atoms with E-state index in [1.54, 1.807) is 18.4 Å². The third kappa shape index (κ3) is 6.48. The van der Waals surface area contributed by atoms with E-state index in [2.05, 4.69) is 66.0 Å². The lowest BCUT2D eigenvalue weighted by Gasteiger charge is -2.16. The number of rotatable bonds is 8. The Bertz CT molecular complexity index is 666. The van der Waals surface area contributed by atoms with Gasteiger partial charge in [-0.1, -0.05) is 29.8 Å². The number of thiazole rings is 1. The smallest absolute Gasteiger partial charge is 0.191 e.